The third-order valence-electron chi connectivity index (χ3n) is 3.51. The zero-order chi connectivity index (χ0) is 15.5. The molecule has 22 heavy (non-hydrogen) atoms. The van der Waals surface area contributed by atoms with Gasteiger partial charge in [-0.05, 0) is 16.7 Å². The molecular formula is C17H16N4O. The monoisotopic (exact) mass is 292 g/mol. The van der Waals surface area contributed by atoms with Crippen LogP contribution in [0.2, 0.25) is 0 Å². The number of nitrogens with zero attached hydrogens (tertiary/aromatic N) is 2. The summed E-state index contributed by atoms with van der Waals surface area (Å²) in [6.45, 7) is 0.498. The van der Waals surface area contributed by atoms with Crippen molar-refractivity contribution >= 4 is 11.7 Å². The number of carbonyl (C=O) groups is 1. The lowest BCUT2D eigenvalue weighted by molar-refractivity contribution is 0.0993. The maximum atomic E-state index is 11.4. The lowest BCUT2D eigenvalue weighted by atomic mass is 10.0. The molecule has 0 spiro atoms. The van der Waals surface area contributed by atoms with Crippen LogP contribution in [0.1, 0.15) is 16.1 Å². The van der Waals surface area contributed by atoms with Gasteiger partial charge < -0.3 is 16.0 Å². The number of anilines is 1. The minimum atomic E-state index is -0.573. The van der Waals surface area contributed by atoms with Gasteiger partial charge in [0, 0.05) is 6.54 Å². The Morgan fingerprint density at radius 1 is 1.00 bits per heavy atom. The van der Waals surface area contributed by atoms with Gasteiger partial charge in [0.15, 0.2) is 11.5 Å². The molecule has 0 radical (unpaired) electrons. The molecule has 0 saturated carbocycles. The Bertz CT molecular complexity index is 791. The summed E-state index contributed by atoms with van der Waals surface area (Å²) in [5.74, 6) is -0.413. The average molecular weight is 292 g/mol. The molecule has 110 valence electrons. The first-order valence-electron chi connectivity index (χ1n) is 6.90. The molecule has 4 N–H and O–H groups in total. The highest BCUT2D eigenvalue weighted by Gasteiger charge is 2.13. The van der Waals surface area contributed by atoms with E-state index in [1.54, 1.807) is 4.57 Å². The Morgan fingerprint density at radius 3 is 2.27 bits per heavy atom. The highest BCUT2D eigenvalue weighted by molar-refractivity contribution is 5.95. The van der Waals surface area contributed by atoms with Crippen LogP contribution in [0.5, 0.6) is 0 Å². The van der Waals surface area contributed by atoms with Crippen LogP contribution in [-0.4, -0.2) is 15.5 Å². The highest BCUT2D eigenvalue weighted by atomic mass is 16.1. The fourth-order valence-corrected chi connectivity index (χ4v) is 2.42. The Hall–Kier alpha value is -3.08. The summed E-state index contributed by atoms with van der Waals surface area (Å²) in [6, 6.07) is 18.3. The number of hydrogen-bond donors (Lipinski definition) is 2. The van der Waals surface area contributed by atoms with Crippen molar-refractivity contribution in [1.29, 1.82) is 0 Å². The topological polar surface area (TPSA) is 86.9 Å². The van der Waals surface area contributed by atoms with E-state index < -0.39 is 5.91 Å². The van der Waals surface area contributed by atoms with Gasteiger partial charge in [0.25, 0.3) is 5.91 Å². The van der Waals surface area contributed by atoms with E-state index in [-0.39, 0.29) is 11.5 Å². The van der Waals surface area contributed by atoms with E-state index in [1.165, 1.54) is 11.9 Å². The molecule has 0 aliphatic heterocycles. The number of imidazole rings is 1. The van der Waals surface area contributed by atoms with Gasteiger partial charge in [-0.1, -0.05) is 54.6 Å². The smallest absolute Gasteiger partial charge is 0.269 e. The van der Waals surface area contributed by atoms with Gasteiger partial charge in [0.1, 0.15) is 0 Å². The molecule has 0 aliphatic rings. The van der Waals surface area contributed by atoms with Gasteiger partial charge in [-0.3, -0.25) is 4.79 Å². The lowest BCUT2D eigenvalue weighted by Crippen LogP contribution is -2.18. The standard InChI is InChI=1S/C17H16N4O/c18-16-15(17(19)22)21(11-20-16)10-12-6-8-14(9-7-12)13-4-2-1-3-5-13/h1-9,11H,10,18H2,(H2,19,22). The fraction of sp³-hybridized carbons (Fsp3) is 0.0588. The number of carbonyl (C=O) groups excluding carboxylic acids is 1. The van der Waals surface area contributed by atoms with Crippen molar-refractivity contribution < 1.29 is 4.79 Å². The van der Waals surface area contributed by atoms with Crippen molar-refractivity contribution in [1.82, 2.24) is 9.55 Å². The van der Waals surface area contributed by atoms with Crippen LogP contribution in [0, 0.1) is 0 Å². The number of rotatable bonds is 4. The first kappa shape index (κ1) is 13.9. The average Bonchev–Trinajstić information content (AvgIpc) is 2.90. The van der Waals surface area contributed by atoms with E-state index in [2.05, 4.69) is 29.2 Å². The highest BCUT2D eigenvalue weighted by Crippen LogP contribution is 2.20. The number of nitrogens with two attached hydrogens (primary N) is 2. The molecule has 1 heterocycles. The molecule has 2 aromatic carbocycles. The summed E-state index contributed by atoms with van der Waals surface area (Å²) >= 11 is 0. The fourth-order valence-electron chi connectivity index (χ4n) is 2.42. The third kappa shape index (κ3) is 2.69. The predicted molar refractivity (Wildman–Crippen MR) is 86.1 cm³/mol. The Labute approximate surface area is 128 Å². The normalized spacial score (nSPS) is 10.5. The molecule has 0 saturated heterocycles. The van der Waals surface area contributed by atoms with Crippen molar-refractivity contribution in [3.05, 3.63) is 72.2 Å². The molecule has 5 heteroatoms. The Morgan fingerprint density at radius 2 is 1.64 bits per heavy atom. The number of aromatic nitrogens is 2. The molecule has 0 unspecified atom stereocenters. The molecule has 5 nitrogen and oxygen atoms in total. The molecule has 0 fully saturated rings. The molecule has 0 aliphatic carbocycles. The summed E-state index contributed by atoms with van der Waals surface area (Å²) in [5.41, 5.74) is 14.6. The van der Waals surface area contributed by atoms with Crippen LogP contribution in [0.25, 0.3) is 11.1 Å². The number of benzene rings is 2. The van der Waals surface area contributed by atoms with E-state index in [4.69, 9.17) is 11.5 Å². The van der Waals surface area contributed by atoms with Gasteiger partial charge in [0.2, 0.25) is 0 Å². The molecule has 0 atom stereocenters. The first-order chi connectivity index (χ1) is 10.6. The Balaban J connectivity index is 1.84. The first-order valence-corrected chi connectivity index (χ1v) is 6.90. The predicted octanol–water partition coefficient (Wildman–Crippen LogP) is 2.28. The zero-order valence-electron chi connectivity index (χ0n) is 11.9. The largest absolute Gasteiger partial charge is 0.382 e. The van der Waals surface area contributed by atoms with E-state index in [1.807, 2.05) is 30.3 Å². The minimum Gasteiger partial charge on any atom is -0.382 e. The Kier molecular flexibility index (Phi) is 3.62. The quantitative estimate of drug-likeness (QED) is 0.773. The number of hydrogen-bond acceptors (Lipinski definition) is 3. The molecule has 0 bridgehead atoms. The SMILES string of the molecule is NC(=O)c1c(N)ncn1Cc1ccc(-c2ccccc2)cc1. The maximum absolute atomic E-state index is 11.4. The van der Waals surface area contributed by atoms with Crippen molar-refractivity contribution in [3.63, 3.8) is 0 Å². The van der Waals surface area contributed by atoms with Gasteiger partial charge in [-0.2, -0.15) is 0 Å². The summed E-state index contributed by atoms with van der Waals surface area (Å²) in [4.78, 5) is 15.4. The second kappa shape index (κ2) is 5.73. The van der Waals surface area contributed by atoms with E-state index >= 15 is 0 Å². The summed E-state index contributed by atoms with van der Waals surface area (Å²) < 4.78 is 1.66. The summed E-state index contributed by atoms with van der Waals surface area (Å²) in [5, 5.41) is 0. The zero-order valence-corrected chi connectivity index (χ0v) is 11.9. The van der Waals surface area contributed by atoms with Crippen molar-refractivity contribution in [2.75, 3.05) is 5.73 Å². The van der Waals surface area contributed by atoms with Gasteiger partial charge in [-0.15, -0.1) is 0 Å². The second-order valence-corrected chi connectivity index (χ2v) is 5.03. The van der Waals surface area contributed by atoms with Crippen molar-refractivity contribution in [2.24, 2.45) is 5.73 Å². The summed E-state index contributed by atoms with van der Waals surface area (Å²) in [7, 11) is 0. The third-order valence-corrected chi connectivity index (χ3v) is 3.51. The lowest BCUT2D eigenvalue weighted by Gasteiger charge is -2.08. The molecule has 1 aromatic heterocycles. The van der Waals surface area contributed by atoms with Crippen LogP contribution in [-0.2, 0) is 6.54 Å². The van der Waals surface area contributed by atoms with Crippen LogP contribution in [0.4, 0.5) is 5.82 Å². The van der Waals surface area contributed by atoms with Crippen LogP contribution in [0.15, 0.2) is 60.9 Å². The van der Waals surface area contributed by atoms with E-state index in [9.17, 15) is 4.79 Å². The van der Waals surface area contributed by atoms with Gasteiger partial charge in [-0.25, -0.2) is 4.98 Å². The maximum Gasteiger partial charge on any atom is 0.269 e. The van der Waals surface area contributed by atoms with Gasteiger partial charge >= 0.3 is 0 Å². The van der Waals surface area contributed by atoms with E-state index in [0.717, 1.165) is 11.1 Å². The second-order valence-electron chi connectivity index (χ2n) is 5.03. The number of nitrogen functional groups attached to an aromatic ring is 1. The molecule has 3 aromatic rings. The van der Waals surface area contributed by atoms with Crippen LogP contribution in [0.3, 0.4) is 0 Å². The van der Waals surface area contributed by atoms with Gasteiger partial charge in [0.05, 0.1) is 6.33 Å². The minimum absolute atomic E-state index is 0.161. The molecule has 3 rings (SSSR count). The number of primary amides is 1. The number of amides is 1. The van der Waals surface area contributed by atoms with Crippen molar-refractivity contribution in [2.45, 2.75) is 6.54 Å². The van der Waals surface area contributed by atoms with Crippen molar-refractivity contribution in [3.8, 4) is 11.1 Å². The van der Waals surface area contributed by atoms with E-state index in [0.29, 0.717) is 6.54 Å². The van der Waals surface area contributed by atoms with Crippen LogP contribution < -0.4 is 11.5 Å². The summed E-state index contributed by atoms with van der Waals surface area (Å²) in [6.07, 6.45) is 1.53. The molecule has 1 amide bonds. The van der Waals surface area contributed by atoms with Crippen LogP contribution >= 0.6 is 0 Å². The molecular weight excluding hydrogens is 276 g/mol.